The van der Waals surface area contributed by atoms with E-state index in [1.54, 1.807) is 0 Å². The molecule has 5 heterocycles. The van der Waals surface area contributed by atoms with Gasteiger partial charge in [0.25, 0.3) is 0 Å². The van der Waals surface area contributed by atoms with E-state index in [9.17, 15) is 20.4 Å². The van der Waals surface area contributed by atoms with Crippen LogP contribution in [0.2, 0.25) is 0 Å². The molecular weight excluding hydrogens is 384 g/mol. The molecule has 0 saturated carbocycles. The van der Waals surface area contributed by atoms with E-state index in [0.717, 1.165) is 0 Å². The summed E-state index contributed by atoms with van der Waals surface area (Å²) in [5.74, 6) is 0. The van der Waals surface area contributed by atoms with Gasteiger partial charge in [0.2, 0.25) is 0 Å². The van der Waals surface area contributed by atoms with Crippen LogP contribution in [0.1, 0.15) is 32.1 Å². The van der Waals surface area contributed by atoms with Crippen molar-refractivity contribution in [3.05, 3.63) is 0 Å². The summed E-state index contributed by atoms with van der Waals surface area (Å²) in [4.78, 5) is 0. The Kier molecular flexibility index (Phi) is 5.21. The van der Waals surface area contributed by atoms with Crippen LogP contribution in [0.3, 0.4) is 0 Å². The maximum atomic E-state index is 12.1. The average molecular weight is 416 g/mol. The third-order valence-electron chi connectivity index (χ3n) is 7.24. The highest BCUT2D eigenvalue weighted by Crippen LogP contribution is 2.56. The van der Waals surface area contributed by atoms with E-state index in [2.05, 4.69) is 0 Å². The lowest BCUT2D eigenvalue weighted by molar-refractivity contribution is -0.269. The summed E-state index contributed by atoms with van der Waals surface area (Å²) in [6, 6.07) is 0. The van der Waals surface area contributed by atoms with Gasteiger partial charge in [-0.3, -0.25) is 0 Å². The maximum Gasteiger partial charge on any atom is 0.0837 e. The minimum atomic E-state index is -1.61. The Labute approximate surface area is 169 Å². The number of rotatable bonds is 14. The topological polar surface area (TPSA) is 144 Å². The Morgan fingerprint density at radius 1 is 0.655 bits per heavy atom. The second-order valence-electron chi connectivity index (χ2n) is 9.54. The highest BCUT2D eigenvalue weighted by atomic mass is 16.6. The van der Waals surface area contributed by atoms with E-state index in [1.165, 1.54) is 0 Å². The quantitative estimate of drug-likeness (QED) is 0.255. The molecule has 166 valence electrons. The van der Waals surface area contributed by atoms with Crippen molar-refractivity contribution in [2.45, 2.75) is 79.9 Å². The van der Waals surface area contributed by atoms with Crippen molar-refractivity contribution < 1.29 is 44.1 Å². The molecule has 4 N–H and O–H groups in total. The van der Waals surface area contributed by atoms with Crippen LogP contribution < -0.4 is 0 Å². The van der Waals surface area contributed by atoms with Crippen LogP contribution in [0.5, 0.6) is 0 Å². The van der Waals surface area contributed by atoms with E-state index < -0.39 is 29.3 Å². The molecule has 0 spiro atoms. The second-order valence-corrected chi connectivity index (χ2v) is 9.54. The number of epoxide rings is 5. The normalized spacial score (nSPS) is 41.6. The van der Waals surface area contributed by atoms with Gasteiger partial charge in [0, 0.05) is 32.1 Å². The van der Waals surface area contributed by atoms with E-state index in [4.69, 9.17) is 23.7 Å². The van der Waals surface area contributed by atoms with Crippen molar-refractivity contribution in [2.24, 2.45) is 5.41 Å². The fraction of sp³-hybridized carbons (Fsp3) is 1.00. The first-order valence-corrected chi connectivity index (χ1v) is 10.7. The molecule has 0 aliphatic carbocycles. The zero-order chi connectivity index (χ0) is 20.3. The molecule has 5 aliphatic rings. The first-order valence-electron chi connectivity index (χ1n) is 10.7. The van der Waals surface area contributed by atoms with E-state index in [0.29, 0.717) is 33.0 Å². The molecule has 0 radical (unpaired) electrons. The molecule has 0 amide bonds. The van der Waals surface area contributed by atoms with Crippen LogP contribution in [-0.4, -0.2) is 108 Å². The summed E-state index contributed by atoms with van der Waals surface area (Å²) >= 11 is 0. The molecule has 9 heteroatoms. The average Bonchev–Trinajstić information content (AvgIpc) is 3.45. The molecule has 0 aromatic heterocycles. The third kappa shape index (κ3) is 4.22. The van der Waals surface area contributed by atoms with E-state index in [-0.39, 0.29) is 62.6 Å². The molecule has 29 heavy (non-hydrogen) atoms. The fourth-order valence-electron chi connectivity index (χ4n) is 5.25. The van der Waals surface area contributed by atoms with Gasteiger partial charge in [-0.25, -0.2) is 0 Å². The highest BCUT2D eigenvalue weighted by Gasteiger charge is 2.69. The van der Waals surface area contributed by atoms with Crippen LogP contribution in [0.15, 0.2) is 0 Å². The van der Waals surface area contributed by atoms with Gasteiger partial charge in [-0.15, -0.1) is 0 Å². The smallest absolute Gasteiger partial charge is 0.0837 e. The van der Waals surface area contributed by atoms with Crippen molar-refractivity contribution in [2.75, 3.05) is 39.6 Å². The summed E-state index contributed by atoms with van der Waals surface area (Å²) in [5.41, 5.74) is -4.78. The molecule has 5 fully saturated rings. The minimum Gasteiger partial charge on any atom is -0.395 e. The van der Waals surface area contributed by atoms with Crippen molar-refractivity contribution in [3.63, 3.8) is 0 Å². The van der Waals surface area contributed by atoms with Crippen LogP contribution in [0.25, 0.3) is 0 Å². The van der Waals surface area contributed by atoms with Gasteiger partial charge < -0.3 is 44.1 Å². The predicted molar refractivity (Wildman–Crippen MR) is 97.2 cm³/mol. The lowest BCUT2D eigenvalue weighted by Gasteiger charge is -2.57. The molecule has 6 atom stereocenters. The highest BCUT2D eigenvalue weighted by molar-refractivity contribution is 5.18. The molecule has 5 saturated heterocycles. The zero-order valence-electron chi connectivity index (χ0n) is 16.6. The second kappa shape index (κ2) is 7.36. The van der Waals surface area contributed by atoms with Crippen LogP contribution in [0.4, 0.5) is 0 Å². The Morgan fingerprint density at radius 2 is 0.966 bits per heavy atom. The minimum absolute atomic E-state index is 0.131. The van der Waals surface area contributed by atoms with Gasteiger partial charge in [0.15, 0.2) is 0 Å². The van der Waals surface area contributed by atoms with Gasteiger partial charge >= 0.3 is 0 Å². The van der Waals surface area contributed by atoms with Crippen molar-refractivity contribution in [1.82, 2.24) is 0 Å². The number of aliphatic hydroxyl groups excluding tert-OH is 2. The summed E-state index contributed by atoms with van der Waals surface area (Å²) in [5, 5.41) is 46.4. The largest absolute Gasteiger partial charge is 0.395 e. The summed E-state index contributed by atoms with van der Waals surface area (Å²) < 4.78 is 26.9. The summed E-state index contributed by atoms with van der Waals surface area (Å²) in [6.07, 6.45) is -0.840. The Morgan fingerprint density at radius 3 is 1.21 bits per heavy atom. The number of hydrogen-bond donors (Lipinski definition) is 4. The van der Waals surface area contributed by atoms with Gasteiger partial charge in [-0.05, 0) is 0 Å². The third-order valence-corrected chi connectivity index (χ3v) is 7.24. The molecule has 0 bridgehead atoms. The summed E-state index contributed by atoms with van der Waals surface area (Å²) in [7, 11) is 0. The zero-order valence-corrected chi connectivity index (χ0v) is 16.6. The lowest BCUT2D eigenvalue weighted by atomic mass is 9.53. The van der Waals surface area contributed by atoms with E-state index >= 15 is 0 Å². The Balaban J connectivity index is 1.54. The molecular formula is C20H32O9. The predicted octanol–water partition coefficient (Wildman–Crippen LogP) is -1.27. The molecule has 0 aromatic carbocycles. The van der Waals surface area contributed by atoms with Crippen LogP contribution >= 0.6 is 0 Å². The van der Waals surface area contributed by atoms with Gasteiger partial charge in [0.1, 0.15) is 0 Å². The Hall–Kier alpha value is -0.360. The van der Waals surface area contributed by atoms with E-state index in [1.807, 2.05) is 0 Å². The molecule has 0 aromatic rings. The number of aliphatic hydroxyl groups is 4. The van der Waals surface area contributed by atoms with Gasteiger partial charge in [-0.1, -0.05) is 0 Å². The van der Waals surface area contributed by atoms with Crippen molar-refractivity contribution >= 4 is 0 Å². The summed E-state index contributed by atoms with van der Waals surface area (Å²) in [6.45, 7) is 2.04. The molecule has 5 aliphatic heterocycles. The van der Waals surface area contributed by atoms with Gasteiger partial charge in [-0.2, -0.15) is 0 Å². The molecule has 9 nitrogen and oxygen atoms in total. The first kappa shape index (κ1) is 20.5. The molecule has 5 rings (SSSR count). The number of hydrogen-bond acceptors (Lipinski definition) is 9. The van der Waals surface area contributed by atoms with Crippen molar-refractivity contribution in [1.29, 1.82) is 0 Å². The van der Waals surface area contributed by atoms with Gasteiger partial charge in [0.05, 0.1) is 92.9 Å². The molecule has 6 unspecified atom stereocenters. The Bertz CT molecular complexity index is 527. The SMILES string of the molecule is OCC(C(O)CC1CO1)(C(O)(CC1CO1)CC1CO1)C(O)(CC1CO1)CC1CO1. The van der Waals surface area contributed by atoms with Crippen molar-refractivity contribution in [3.8, 4) is 0 Å². The lowest BCUT2D eigenvalue weighted by Crippen LogP contribution is -2.70. The number of ether oxygens (including phenoxy) is 5. The van der Waals surface area contributed by atoms with Crippen LogP contribution in [-0.2, 0) is 23.7 Å². The first-order chi connectivity index (χ1) is 13.9. The fourth-order valence-corrected chi connectivity index (χ4v) is 5.25. The van der Waals surface area contributed by atoms with Crippen LogP contribution in [0, 0.1) is 5.41 Å². The maximum absolute atomic E-state index is 12.1. The monoisotopic (exact) mass is 416 g/mol. The standard InChI is InChI=1S/C20H32O9/c21-11-20(17(22)1-12-6-25-12,18(23,2-13-7-26-13)3-14-8-27-14)19(24,4-15-9-28-15)5-16-10-29-16/h12-17,21-24H,1-11H2.